The van der Waals surface area contributed by atoms with Crippen molar-refractivity contribution in [2.24, 2.45) is 5.73 Å². The molecule has 3 aromatic rings. The lowest BCUT2D eigenvalue weighted by atomic mass is 10.2. The second-order valence-corrected chi connectivity index (χ2v) is 3.84. The highest BCUT2D eigenvalue weighted by Crippen LogP contribution is 2.19. The van der Waals surface area contributed by atoms with Gasteiger partial charge in [0.05, 0.1) is 11.1 Å². The van der Waals surface area contributed by atoms with Crippen LogP contribution < -0.4 is 5.73 Å². The van der Waals surface area contributed by atoms with Crippen LogP contribution in [0, 0.1) is 0 Å². The van der Waals surface area contributed by atoms with Crippen LogP contribution in [0.2, 0.25) is 0 Å². The number of aromatic nitrogens is 3. The fourth-order valence-corrected chi connectivity index (χ4v) is 1.92. The first-order chi connectivity index (χ1) is 8.77. The van der Waals surface area contributed by atoms with E-state index in [-0.39, 0.29) is 0 Å². The van der Waals surface area contributed by atoms with Crippen LogP contribution in [0.3, 0.4) is 0 Å². The largest absolute Gasteiger partial charge is 0.366 e. The summed E-state index contributed by atoms with van der Waals surface area (Å²) < 4.78 is 1.82. The number of carbonyl (C=O) groups excluding carboxylic acids is 1. The Bertz CT molecular complexity index is 718. The molecule has 2 N–H and O–H groups in total. The third-order valence-corrected chi connectivity index (χ3v) is 2.74. The molecule has 18 heavy (non-hydrogen) atoms. The average molecular weight is 238 g/mol. The molecule has 5 heteroatoms. The van der Waals surface area contributed by atoms with Gasteiger partial charge in [-0.05, 0) is 24.3 Å². The minimum Gasteiger partial charge on any atom is -0.366 e. The van der Waals surface area contributed by atoms with Crippen molar-refractivity contribution < 1.29 is 4.79 Å². The van der Waals surface area contributed by atoms with Crippen molar-refractivity contribution in [2.45, 2.75) is 0 Å². The molecule has 0 spiro atoms. The smallest absolute Gasteiger partial charge is 0.250 e. The SMILES string of the molecule is NC(=O)c1cccc2c1ncn2-c1ccccn1. The highest BCUT2D eigenvalue weighted by Gasteiger charge is 2.11. The summed E-state index contributed by atoms with van der Waals surface area (Å²) in [5.41, 5.74) is 7.15. The number of nitrogens with zero attached hydrogens (tertiary/aromatic N) is 3. The van der Waals surface area contributed by atoms with Crippen LogP contribution in [0.5, 0.6) is 0 Å². The molecule has 0 saturated carbocycles. The van der Waals surface area contributed by atoms with E-state index in [0.29, 0.717) is 11.1 Å². The number of para-hydroxylation sites is 1. The summed E-state index contributed by atoms with van der Waals surface area (Å²) in [4.78, 5) is 19.8. The Hall–Kier alpha value is -2.69. The van der Waals surface area contributed by atoms with Gasteiger partial charge < -0.3 is 5.73 Å². The van der Waals surface area contributed by atoms with Crippen LogP contribution in [0.25, 0.3) is 16.9 Å². The van der Waals surface area contributed by atoms with Crippen molar-refractivity contribution in [2.75, 3.05) is 0 Å². The number of pyridine rings is 1. The average Bonchev–Trinajstić information content (AvgIpc) is 2.83. The van der Waals surface area contributed by atoms with Crippen molar-refractivity contribution in [1.29, 1.82) is 0 Å². The molecule has 2 heterocycles. The fraction of sp³-hybridized carbons (Fsp3) is 0. The van der Waals surface area contributed by atoms with E-state index in [4.69, 9.17) is 5.73 Å². The van der Waals surface area contributed by atoms with E-state index in [2.05, 4.69) is 9.97 Å². The van der Waals surface area contributed by atoms with Crippen molar-refractivity contribution in [3.8, 4) is 5.82 Å². The Morgan fingerprint density at radius 3 is 2.72 bits per heavy atom. The first-order valence-electron chi connectivity index (χ1n) is 5.44. The summed E-state index contributed by atoms with van der Waals surface area (Å²) >= 11 is 0. The van der Waals surface area contributed by atoms with Gasteiger partial charge in [-0.3, -0.25) is 9.36 Å². The standard InChI is InChI=1S/C13H10N4O/c14-13(18)9-4-3-5-10-12(9)16-8-17(10)11-6-1-2-7-15-11/h1-8H,(H2,14,18). The number of rotatable bonds is 2. The van der Waals surface area contributed by atoms with Gasteiger partial charge in [-0.15, -0.1) is 0 Å². The van der Waals surface area contributed by atoms with E-state index < -0.39 is 5.91 Å². The zero-order valence-corrected chi connectivity index (χ0v) is 9.45. The summed E-state index contributed by atoms with van der Waals surface area (Å²) in [6, 6.07) is 10.9. The van der Waals surface area contributed by atoms with Gasteiger partial charge in [0.1, 0.15) is 17.7 Å². The van der Waals surface area contributed by atoms with Crippen LogP contribution >= 0.6 is 0 Å². The molecule has 0 radical (unpaired) electrons. The number of primary amides is 1. The van der Waals surface area contributed by atoms with Gasteiger partial charge in [-0.2, -0.15) is 0 Å². The minimum atomic E-state index is -0.480. The first-order valence-corrected chi connectivity index (χ1v) is 5.44. The van der Waals surface area contributed by atoms with Crippen molar-refractivity contribution in [1.82, 2.24) is 14.5 Å². The van der Waals surface area contributed by atoms with Crippen LogP contribution in [-0.2, 0) is 0 Å². The van der Waals surface area contributed by atoms with E-state index in [1.165, 1.54) is 0 Å². The summed E-state index contributed by atoms with van der Waals surface area (Å²) in [5.74, 6) is 0.272. The Labute approximate surface area is 103 Å². The van der Waals surface area contributed by atoms with Crippen molar-refractivity contribution in [3.63, 3.8) is 0 Å². The third-order valence-electron chi connectivity index (χ3n) is 2.74. The number of benzene rings is 1. The van der Waals surface area contributed by atoms with Crippen LogP contribution in [-0.4, -0.2) is 20.4 Å². The van der Waals surface area contributed by atoms with E-state index in [1.807, 2.05) is 28.8 Å². The highest BCUT2D eigenvalue weighted by atomic mass is 16.1. The fourth-order valence-electron chi connectivity index (χ4n) is 1.92. The highest BCUT2D eigenvalue weighted by molar-refractivity contribution is 6.04. The molecule has 2 aromatic heterocycles. The van der Waals surface area contributed by atoms with Gasteiger partial charge >= 0.3 is 0 Å². The molecule has 1 aromatic carbocycles. The van der Waals surface area contributed by atoms with Crippen molar-refractivity contribution in [3.05, 3.63) is 54.5 Å². The predicted molar refractivity (Wildman–Crippen MR) is 67.4 cm³/mol. The summed E-state index contributed by atoms with van der Waals surface area (Å²) in [6.07, 6.45) is 3.35. The molecule has 0 atom stereocenters. The number of carbonyl (C=O) groups is 1. The lowest BCUT2D eigenvalue weighted by molar-refractivity contribution is 0.100. The zero-order valence-electron chi connectivity index (χ0n) is 9.45. The number of hydrogen-bond donors (Lipinski definition) is 1. The lowest BCUT2D eigenvalue weighted by Gasteiger charge is -2.03. The maximum absolute atomic E-state index is 11.3. The Morgan fingerprint density at radius 2 is 2.00 bits per heavy atom. The van der Waals surface area contributed by atoms with E-state index in [9.17, 15) is 4.79 Å². The molecular weight excluding hydrogens is 228 g/mol. The van der Waals surface area contributed by atoms with Gasteiger partial charge in [0, 0.05) is 6.20 Å². The number of nitrogens with two attached hydrogens (primary N) is 1. The van der Waals surface area contributed by atoms with Gasteiger partial charge in [-0.25, -0.2) is 9.97 Å². The number of imidazole rings is 1. The lowest BCUT2D eigenvalue weighted by Crippen LogP contribution is -2.11. The zero-order chi connectivity index (χ0) is 12.5. The Balaban J connectivity index is 2.28. The van der Waals surface area contributed by atoms with E-state index in [0.717, 1.165) is 11.3 Å². The number of hydrogen-bond acceptors (Lipinski definition) is 3. The molecule has 5 nitrogen and oxygen atoms in total. The van der Waals surface area contributed by atoms with Crippen LogP contribution in [0.4, 0.5) is 0 Å². The second kappa shape index (κ2) is 3.96. The topological polar surface area (TPSA) is 73.8 Å². The minimum absolute atomic E-state index is 0.419. The van der Waals surface area contributed by atoms with E-state index in [1.54, 1.807) is 24.7 Å². The normalized spacial score (nSPS) is 10.7. The maximum atomic E-state index is 11.3. The first kappa shape index (κ1) is 10.5. The monoisotopic (exact) mass is 238 g/mol. The predicted octanol–water partition coefficient (Wildman–Crippen LogP) is 1.52. The van der Waals surface area contributed by atoms with E-state index >= 15 is 0 Å². The molecule has 3 rings (SSSR count). The Kier molecular flexibility index (Phi) is 2.30. The molecule has 0 unspecified atom stereocenters. The Morgan fingerprint density at radius 1 is 1.11 bits per heavy atom. The molecule has 0 aliphatic rings. The molecule has 0 aliphatic carbocycles. The van der Waals surface area contributed by atoms with Crippen molar-refractivity contribution >= 4 is 16.9 Å². The van der Waals surface area contributed by atoms with Gasteiger partial charge in [0.25, 0.3) is 5.91 Å². The van der Waals surface area contributed by atoms with Gasteiger partial charge in [0.2, 0.25) is 0 Å². The molecule has 1 amide bonds. The summed E-state index contributed by atoms with van der Waals surface area (Å²) in [5, 5.41) is 0. The molecule has 0 fully saturated rings. The van der Waals surface area contributed by atoms with Gasteiger partial charge in [-0.1, -0.05) is 12.1 Å². The molecule has 0 aliphatic heterocycles. The quantitative estimate of drug-likeness (QED) is 0.735. The van der Waals surface area contributed by atoms with Gasteiger partial charge in [0.15, 0.2) is 0 Å². The second-order valence-electron chi connectivity index (χ2n) is 3.84. The molecule has 0 saturated heterocycles. The van der Waals surface area contributed by atoms with Crippen LogP contribution in [0.15, 0.2) is 48.9 Å². The molecule has 0 bridgehead atoms. The molecular formula is C13H10N4O. The number of fused-ring (bicyclic) bond motifs is 1. The summed E-state index contributed by atoms with van der Waals surface area (Å²) in [6.45, 7) is 0. The number of amides is 1. The molecule has 88 valence electrons. The third kappa shape index (κ3) is 1.53. The summed E-state index contributed by atoms with van der Waals surface area (Å²) in [7, 11) is 0. The van der Waals surface area contributed by atoms with Crippen LogP contribution in [0.1, 0.15) is 10.4 Å². The maximum Gasteiger partial charge on any atom is 0.250 e.